The first-order valence-corrected chi connectivity index (χ1v) is 7.35. The fraction of sp³-hybridized carbons (Fsp3) is 0.188. The average molecular weight is 334 g/mol. The Bertz CT molecular complexity index is 707. The van der Waals surface area contributed by atoms with Gasteiger partial charge in [-0.25, -0.2) is 4.98 Å². The van der Waals surface area contributed by atoms with Crippen molar-refractivity contribution in [1.29, 1.82) is 0 Å². The van der Waals surface area contributed by atoms with Crippen LogP contribution in [-0.2, 0) is 4.79 Å². The zero-order chi connectivity index (χ0) is 16.8. The first-order chi connectivity index (χ1) is 11.0. The van der Waals surface area contributed by atoms with Crippen molar-refractivity contribution in [1.82, 2.24) is 10.3 Å². The molecule has 2 rings (SSSR count). The van der Waals surface area contributed by atoms with Gasteiger partial charge < -0.3 is 15.8 Å². The third-order valence-electron chi connectivity index (χ3n) is 3.02. The normalized spacial score (nSPS) is 11.6. The predicted molar refractivity (Wildman–Crippen MR) is 86.3 cm³/mol. The molecule has 1 atom stereocenters. The Labute approximate surface area is 138 Å². The van der Waals surface area contributed by atoms with E-state index in [-0.39, 0.29) is 16.6 Å². The van der Waals surface area contributed by atoms with Crippen molar-refractivity contribution in [2.24, 2.45) is 5.73 Å². The van der Waals surface area contributed by atoms with Crippen LogP contribution in [0, 0.1) is 0 Å². The van der Waals surface area contributed by atoms with E-state index >= 15 is 0 Å². The number of nitrogens with two attached hydrogens (primary N) is 1. The Balaban J connectivity index is 2.26. The van der Waals surface area contributed by atoms with Crippen LogP contribution in [0.25, 0.3) is 0 Å². The Morgan fingerprint density at radius 2 is 1.96 bits per heavy atom. The number of nitrogens with zero attached hydrogens (tertiary/aromatic N) is 1. The third-order valence-corrected chi connectivity index (χ3v) is 3.33. The van der Waals surface area contributed by atoms with Gasteiger partial charge >= 0.3 is 0 Å². The molecular weight excluding hydrogens is 318 g/mol. The van der Waals surface area contributed by atoms with Crippen molar-refractivity contribution >= 4 is 23.4 Å². The van der Waals surface area contributed by atoms with Crippen LogP contribution in [0.1, 0.15) is 29.0 Å². The molecule has 0 aliphatic rings. The monoisotopic (exact) mass is 333 g/mol. The molecule has 1 heterocycles. The zero-order valence-electron chi connectivity index (χ0n) is 12.5. The average Bonchev–Trinajstić information content (AvgIpc) is 2.55. The van der Waals surface area contributed by atoms with Gasteiger partial charge in [0.1, 0.15) is 6.04 Å². The lowest BCUT2D eigenvalue weighted by atomic mass is 10.1. The highest BCUT2D eigenvalue weighted by molar-refractivity contribution is 6.33. The number of pyridine rings is 1. The van der Waals surface area contributed by atoms with E-state index in [0.29, 0.717) is 12.2 Å². The lowest BCUT2D eigenvalue weighted by molar-refractivity contribution is -0.120. The highest BCUT2D eigenvalue weighted by atomic mass is 35.5. The number of ether oxygens (including phenoxy) is 1. The van der Waals surface area contributed by atoms with E-state index in [1.54, 1.807) is 43.3 Å². The minimum absolute atomic E-state index is 0.0280. The second kappa shape index (κ2) is 7.60. The van der Waals surface area contributed by atoms with Crippen molar-refractivity contribution in [2.75, 3.05) is 6.61 Å². The molecule has 2 amide bonds. The van der Waals surface area contributed by atoms with Gasteiger partial charge in [0.25, 0.3) is 5.91 Å². The van der Waals surface area contributed by atoms with Crippen LogP contribution < -0.4 is 15.8 Å². The fourth-order valence-electron chi connectivity index (χ4n) is 1.98. The lowest BCUT2D eigenvalue weighted by Crippen LogP contribution is -2.38. The second-order valence-corrected chi connectivity index (χ2v) is 5.04. The van der Waals surface area contributed by atoms with E-state index in [2.05, 4.69) is 10.3 Å². The van der Waals surface area contributed by atoms with Crippen LogP contribution in [0.15, 0.2) is 42.5 Å². The number of hydrogen-bond donors (Lipinski definition) is 2. The van der Waals surface area contributed by atoms with E-state index in [9.17, 15) is 9.59 Å². The molecule has 0 spiro atoms. The molecule has 0 radical (unpaired) electrons. The highest BCUT2D eigenvalue weighted by Gasteiger charge is 2.23. The van der Waals surface area contributed by atoms with Crippen LogP contribution in [0.5, 0.6) is 5.88 Å². The first-order valence-electron chi connectivity index (χ1n) is 6.97. The smallest absolute Gasteiger partial charge is 0.272 e. The predicted octanol–water partition coefficient (Wildman–Crippen LogP) is 2.09. The van der Waals surface area contributed by atoms with Crippen LogP contribution in [0.2, 0.25) is 5.02 Å². The molecule has 0 aliphatic heterocycles. The molecule has 2 aromatic rings. The van der Waals surface area contributed by atoms with E-state index in [1.165, 1.54) is 6.07 Å². The van der Waals surface area contributed by atoms with Crippen molar-refractivity contribution in [3.63, 3.8) is 0 Å². The number of nitrogens with one attached hydrogen (secondary N) is 1. The van der Waals surface area contributed by atoms with Gasteiger partial charge in [0, 0.05) is 6.07 Å². The summed E-state index contributed by atoms with van der Waals surface area (Å²) in [6.45, 7) is 2.21. The number of carbonyl (C=O) groups excluding carboxylic acids is 2. The molecular formula is C16H16ClN3O3. The molecule has 0 fully saturated rings. The highest BCUT2D eigenvalue weighted by Crippen LogP contribution is 2.20. The summed E-state index contributed by atoms with van der Waals surface area (Å²) in [7, 11) is 0. The third kappa shape index (κ3) is 4.20. The SMILES string of the molecule is CCOc1ccc(Cl)c(C(=O)N[C@H](C(N)=O)c2ccccc2)n1. The molecule has 6 nitrogen and oxygen atoms in total. The molecule has 120 valence electrons. The van der Waals surface area contributed by atoms with Crippen LogP contribution in [0.4, 0.5) is 0 Å². The van der Waals surface area contributed by atoms with E-state index in [4.69, 9.17) is 22.1 Å². The molecule has 0 saturated heterocycles. The number of aromatic nitrogens is 1. The number of halogens is 1. The number of primary amides is 1. The van der Waals surface area contributed by atoms with Gasteiger partial charge in [-0.1, -0.05) is 41.9 Å². The number of carbonyl (C=O) groups is 2. The van der Waals surface area contributed by atoms with Gasteiger partial charge in [-0.05, 0) is 18.6 Å². The summed E-state index contributed by atoms with van der Waals surface area (Å²) in [6.07, 6.45) is 0. The van der Waals surface area contributed by atoms with Crippen molar-refractivity contribution < 1.29 is 14.3 Å². The minimum atomic E-state index is -0.975. The Kier molecular flexibility index (Phi) is 5.54. The van der Waals surface area contributed by atoms with Gasteiger partial charge in [-0.15, -0.1) is 0 Å². The molecule has 0 bridgehead atoms. The first kappa shape index (κ1) is 16.8. The lowest BCUT2D eigenvalue weighted by Gasteiger charge is -2.16. The molecule has 3 N–H and O–H groups in total. The van der Waals surface area contributed by atoms with E-state index in [1.807, 2.05) is 0 Å². The molecule has 23 heavy (non-hydrogen) atoms. The van der Waals surface area contributed by atoms with Gasteiger partial charge in [-0.3, -0.25) is 9.59 Å². The summed E-state index contributed by atoms with van der Waals surface area (Å²) in [6, 6.07) is 10.8. The molecule has 7 heteroatoms. The summed E-state index contributed by atoms with van der Waals surface area (Å²) >= 11 is 6.01. The van der Waals surface area contributed by atoms with Gasteiger partial charge in [0.2, 0.25) is 11.8 Å². The maximum Gasteiger partial charge on any atom is 0.272 e. The molecule has 1 aromatic heterocycles. The van der Waals surface area contributed by atoms with Crippen molar-refractivity contribution in [2.45, 2.75) is 13.0 Å². The Morgan fingerprint density at radius 3 is 2.57 bits per heavy atom. The largest absolute Gasteiger partial charge is 0.478 e. The van der Waals surface area contributed by atoms with E-state index in [0.717, 1.165) is 0 Å². The maximum atomic E-state index is 12.4. The van der Waals surface area contributed by atoms with Crippen LogP contribution in [0.3, 0.4) is 0 Å². The molecule has 0 unspecified atom stereocenters. The molecule has 1 aromatic carbocycles. The topological polar surface area (TPSA) is 94.3 Å². The fourth-order valence-corrected chi connectivity index (χ4v) is 2.17. The zero-order valence-corrected chi connectivity index (χ0v) is 13.2. The molecule has 0 aliphatic carbocycles. The number of hydrogen-bond acceptors (Lipinski definition) is 4. The number of amides is 2. The maximum absolute atomic E-state index is 12.4. The summed E-state index contributed by atoms with van der Waals surface area (Å²) in [5.74, 6) is -1.01. The summed E-state index contributed by atoms with van der Waals surface area (Å²) in [5.41, 5.74) is 5.93. The van der Waals surface area contributed by atoms with E-state index < -0.39 is 17.9 Å². The van der Waals surface area contributed by atoms with Gasteiger partial charge in [0.15, 0.2) is 5.69 Å². The van der Waals surface area contributed by atoms with Crippen LogP contribution >= 0.6 is 11.6 Å². The van der Waals surface area contributed by atoms with Crippen molar-refractivity contribution in [3.05, 3.63) is 58.7 Å². The summed E-state index contributed by atoms with van der Waals surface area (Å²) < 4.78 is 5.25. The van der Waals surface area contributed by atoms with Gasteiger partial charge in [0.05, 0.1) is 11.6 Å². The minimum Gasteiger partial charge on any atom is -0.478 e. The summed E-state index contributed by atoms with van der Waals surface area (Å²) in [5, 5.41) is 2.70. The number of benzene rings is 1. The Hall–Kier alpha value is -2.60. The quantitative estimate of drug-likeness (QED) is 0.846. The second-order valence-electron chi connectivity index (χ2n) is 4.63. The standard InChI is InChI=1S/C16H16ClN3O3/c1-2-23-12-9-8-11(17)14(19-12)16(22)20-13(15(18)21)10-6-4-3-5-7-10/h3-9,13H,2H2,1H3,(H2,18,21)(H,20,22)/t13-/m0/s1. The van der Waals surface area contributed by atoms with Gasteiger partial charge in [-0.2, -0.15) is 0 Å². The Morgan fingerprint density at radius 1 is 1.26 bits per heavy atom. The number of rotatable bonds is 6. The molecule has 0 saturated carbocycles. The summed E-state index contributed by atoms with van der Waals surface area (Å²) in [4.78, 5) is 28.1. The van der Waals surface area contributed by atoms with Crippen molar-refractivity contribution in [3.8, 4) is 5.88 Å². The van der Waals surface area contributed by atoms with Crippen LogP contribution in [-0.4, -0.2) is 23.4 Å².